The van der Waals surface area contributed by atoms with Gasteiger partial charge in [0.25, 0.3) is 0 Å². The first-order chi connectivity index (χ1) is 17.9. The number of hydrogen-bond acceptors (Lipinski definition) is 5. The fourth-order valence-electron chi connectivity index (χ4n) is 6.59. The molecule has 0 unspecified atom stereocenters. The molecule has 5 rings (SSSR count). The highest BCUT2D eigenvalue weighted by atomic mass is 32.1. The second-order valence-corrected chi connectivity index (χ2v) is 12.0. The van der Waals surface area contributed by atoms with E-state index >= 15 is 0 Å². The summed E-state index contributed by atoms with van der Waals surface area (Å²) in [4.78, 5) is 14.6. The van der Waals surface area contributed by atoms with Crippen molar-refractivity contribution in [2.75, 3.05) is 47.8 Å². The van der Waals surface area contributed by atoms with Crippen molar-refractivity contribution in [1.82, 2.24) is 15.3 Å². The highest BCUT2D eigenvalue weighted by molar-refractivity contribution is 7.80. The van der Waals surface area contributed by atoms with Crippen LogP contribution in [-0.4, -0.2) is 47.8 Å². The first-order valence-electron chi connectivity index (χ1n) is 14.1. The van der Waals surface area contributed by atoms with Crippen LogP contribution < -0.4 is 20.4 Å². The molecule has 37 heavy (non-hydrogen) atoms. The number of nitrogens with one attached hydrogen (secondary N) is 2. The molecule has 1 aliphatic carbocycles. The monoisotopic (exact) mass is 524 g/mol. The summed E-state index contributed by atoms with van der Waals surface area (Å²) in [5.41, 5.74) is 1.15. The van der Waals surface area contributed by atoms with Gasteiger partial charge in [0.1, 0.15) is 17.5 Å². The third-order valence-electron chi connectivity index (χ3n) is 8.40. The van der Waals surface area contributed by atoms with Gasteiger partial charge >= 0.3 is 0 Å². The van der Waals surface area contributed by atoms with Gasteiger partial charge in [0.15, 0.2) is 5.11 Å². The van der Waals surface area contributed by atoms with Crippen molar-refractivity contribution in [1.29, 1.82) is 0 Å². The van der Waals surface area contributed by atoms with Gasteiger partial charge in [-0.2, -0.15) is 9.97 Å². The average Bonchev–Trinajstić information content (AvgIpc) is 3.38. The lowest BCUT2D eigenvalue weighted by atomic mass is 9.79. The fraction of sp³-hybridized carbons (Fsp3) is 0.621. The normalized spacial score (nSPS) is 23.6. The molecule has 3 fully saturated rings. The van der Waals surface area contributed by atoms with Crippen molar-refractivity contribution in [3.05, 3.63) is 41.7 Å². The van der Waals surface area contributed by atoms with E-state index in [-0.39, 0.29) is 11.2 Å². The Hall–Kier alpha value is -2.48. The molecule has 6 nitrogen and oxygen atoms in total. The number of benzene rings is 1. The lowest BCUT2D eigenvalue weighted by molar-refractivity contribution is 0.355. The Morgan fingerprint density at radius 2 is 1.57 bits per heavy atom. The molecule has 0 radical (unpaired) electrons. The van der Waals surface area contributed by atoms with Crippen LogP contribution >= 0.6 is 12.2 Å². The number of nitrogens with zero attached hydrogens (tertiary/aromatic N) is 4. The minimum Gasteiger partial charge on any atom is -0.361 e. The molecule has 1 aromatic carbocycles. The molecule has 200 valence electrons. The van der Waals surface area contributed by atoms with Gasteiger partial charge in [0, 0.05) is 44.2 Å². The summed E-state index contributed by atoms with van der Waals surface area (Å²) in [6, 6.07) is 9.15. The highest BCUT2D eigenvalue weighted by Gasteiger charge is 2.35. The number of thiocarbonyl (C=S) groups is 1. The van der Waals surface area contributed by atoms with Crippen molar-refractivity contribution >= 4 is 34.9 Å². The zero-order chi connectivity index (χ0) is 25.8. The first-order valence-corrected chi connectivity index (χ1v) is 14.5. The molecule has 0 bridgehead atoms. The van der Waals surface area contributed by atoms with Crippen molar-refractivity contribution in [3.63, 3.8) is 0 Å². The topological polar surface area (TPSA) is 56.3 Å². The van der Waals surface area contributed by atoms with Crippen LogP contribution in [0.1, 0.15) is 70.8 Å². The molecule has 2 atom stereocenters. The van der Waals surface area contributed by atoms with Crippen LogP contribution in [0.4, 0.5) is 22.0 Å². The molecule has 1 saturated carbocycles. The number of halogens is 1. The van der Waals surface area contributed by atoms with Crippen LogP contribution in [-0.2, 0) is 5.41 Å². The van der Waals surface area contributed by atoms with E-state index in [1.165, 1.54) is 44.1 Å². The number of piperidine rings is 2. The van der Waals surface area contributed by atoms with Gasteiger partial charge in [0.05, 0.1) is 0 Å². The minimum absolute atomic E-state index is 0.0266. The van der Waals surface area contributed by atoms with Crippen LogP contribution in [0.3, 0.4) is 0 Å². The fourth-order valence-corrected chi connectivity index (χ4v) is 6.76. The lowest BCUT2D eigenvalue weighted by Crippen LogP contribution is -2.41. The molecule has 2 saturated heterocycles. The van der Waals surface area contributed by atoms with Crippen molar-refractivity contribution in [2.45, 2.75) is 70.6 Å². The molecule has 3 aliphatic rings. The standard InChI is InChI=1S/C29H41FN6S/c1-21-16-22(2)19-36(18-21)26-17-25(35-14-6-3-7-15-35)32-27(33-26)34-28(37)31-20-29(12-4-5-13-29)23-8-10-24(30)11-9-23/h8-11,17,21-22H,3-7,12-16,18-20H2,1-2H3,(H2,31,32,33,34,37)/t21-,22-/m0/s1. The Kier molecular flexibility index (Phi) is 8.12. The average molecular weight is 525 g/mol. The number of hydrogen-bond donors (Lipinski definition) is 2. The van der Waals surface area contributed by atoms with Gasteiger partial charge in [-0.15, -0.1) is 0 Å². The van der Waals surface area contributed by atoms with Gasteiger partial charge in [-0.25, -0.2) is 4.39 Å². The number of aromatic nitrogens is 2. The summed E-state index contributed by atoms with van der Waals surface area (Å²) in [5, 5.41) is 7.31. The van der Waals surface area contributed by atoms with Crippen LogP contribution in [0.2, 0.25) is 0 Å². The maximum atomic E-state index is 13.6. The maximum absolute atomic E-state index is 13.6. The first kappa shape index (κ1) is 26.1. The largest absolute Gasteiger partial charge is 0.361 e. The summed E-state index contributed by atoms with van der Waals surface area (Å²) in [6.07, 6.45) is 9.44. The molecule has 2 aliphatic heterocycles. The van der Waals surface area contributed by atoms with Crippen LogP contribution in [0, 0.1) is 17.7 Å². The molecular weight excluding hydrogens is 483 g/mol. The summed E-state index contributed by atoms with van der Waals surface area (Å²) in [5.74, 6) is 3.62. The molecule has 2 aromatic rings. The number of rotatable bonds is 6. The van der Waals surface area contributed by atoms with Gasteiger partial charge in [-0.1, -0.05) is 38.8 Å². The summed E-state index contributed by atoms with van der Waals surface area (Å²) < 4.78 is 13.6. The van der Waals surface area contributed by atoms with E-state index < -0.39 is 0 Å². The highest BCUT2D eigenvalue weighted by Crippen LogP contribution is 2.40. The van der Waals surface area contributed by atoms with E-state index in [4.69, 9.17) is 22.2 Å². The van der Waals surface area contributed by atoms with Crippen molar-refractivity contribution in [3.8, 4) is 0 Å². The Morgan fingerprint density at radius 1 is 0.946 bits per heavy atom. The minimum atomic E-state index is -0.193. The quantitative estimate of drug-likeness (QED) is 0.457. The molecular formula is C29H41FN6S. The molecule has 3 heterocycles. The van der Waals surface area contributed by atoms with E-state index in [1.807, 2.05) is 12.1 Å². The van der Waals surface area contributed by atoms with Crippen molar-refractivity contribution in [2.24, 2.45) is 11.8 Å². The zero-order valence-electron chi connectivity index (χ0n) is 22.3. The molecule has 0 amide bonds. The maximum Gasteiger partial charge on any atom is 0.232 e. The summed E-state index contributed by atoms with van der Waals surface area (Å²) in [6.45, 7) is 9.47. The predicted octanol–water partition coefficient (Wildman–Crippen LogP) is 5.89. The predicted molar refractivity (Wildman–Crippen MR) is 154 cm³/mol. The van der Waals surface area contributed by atoms with Gasteiger partial charge in [-0.3, -0.25) is 0 Å². The Morgan fingerprint density at radius 3 is 2.22 bits per heavy atom. The van der Waals surface area contributed by atoms with Crippen LogP contribution in [0.25, 0.3) is 0 Å². The van der Waals surface area contributed by atoms with Crippen LogP contribution in [0.15, 0.2) is 30.3 Å². The molecule has 2 N–H and O–H groups in total. The van der Waals surface area contributed by atoms with E-state index in [0.717, 1.165) is 50.7 Å². The van der Waals surface area contributed by atoms with E-state index in [9.17, 15) is 4.39 Å². The van der Waals surface area contributed by atoms with Crippen LogP contribution in [0.5, 0.6) is 0 Å². The summed E-state index contributed by atoms with van der Waals surface area (Å²) in [7, 11) is 0. The van der Waals surface area contributed by atoms with E-state index in [2.05, 4.69) is 40.3 Å². The van der Waals surface area contributed by atoms with E-state index in [0.29, 0.717) is 29.4 Å². The van der Waals surface area contributed by atoms with E-state index in [1.54, 1.807) is 12.1 Å². The van der Waals surface area contributed by atoms with Gasteiger partial charge < -0.3 is 20.4 Å². The third kappa shape index (κ3) is 6.33. The van der Waals surface area contributed by atoms with Crippen molar-refractivity contribution < 1.29 is 4.39 Å². The third-order valence-corrected chi connectivity index (χ3v) is 8.65. The summed E-state index contributed by atoms with van der Waals surface area (Å²) >= 11 is 5.74. The smallest absolute Gasteiger partial charge is 0.232 e. The second-order valence-electron chi connectivity index (χ2n) is 11.6. The second kappa shape index (κ2) is 11.5. The molecule has 0 spiro atoms. The van der Waals surface area contributed by atoms with Gasteiger partial charge in [-0.05, 0) is 80.3 Å². The lowest BCUT2D eigenvalue weighted by Gasteiger charge is -2.36. The van der Waals surface area contributed by atoms with Gasteiger partial charge in [0.2, 0.25) is 5.95 Å². The molecule has 1 aromatic heterocycles. The zero-order valence-corrected chi connectivity index (χ0v) is 23.1. The Balaban J connectivity index is 1.32. The Labute approximate surface area is 226 Å². The Bertz CT molecular complexity index is 1050. The molecule has 8 heteroatoms. The number of anilines is 3. The SMILES string of the molecule is C[C@H]1C[C@H](C)CN(c2cc(N3CCCCC3)nc(NC(=S)NCC3(c4ccc(F)cc4)CCCC3)n2)C1.